The zero-order valence-corrected chi connectivity index (χ0v) is 16.9. The number of carbonyl (C=O) groups excluding carboxylic acids is 2. The van der Waals surface area contributed by atoms with Crippen molar-refractivity contribution in [3.8, 4) is 5.75 Å². The molecule has 0 saturated heterocycles. The van der Waals surface area contributed by atoms with Gasteiger partial charge in [0.15, 0.2) is 11.6 Å². The molecule has 0 bridgehead atoms. The summed E-state index contributed by atoms with van der Waals surface area (Å²) in [4.78, 5) is 23.2. The van der Waals surface area contributed by atoms with Gasteiger partial charge in [0, 0.05) is 16.2 Å². The summed E-state index contributed by atoms with van der Waals surface area (Å²) >= 11 is 3.31. The van der Waals surface area contributed by atoms with Crippen LogP contribution in [0.25, 0.3) is 0 Å². The molecule has 7 nitrogen and oxygen atoms in total. The number of allylic oxidation sites excluding steroid dienone is 1. The molecule has 29 heavy (non-hydrogen) atoms. The molecule has 2 amide bonds. The summed E-state index contributed by atoms with van der Waals surface area (Å²) in [6.45, 7) is 0. The third-order valence-corrected chi connectivity index (χ3v) is 4.43. The third-order valence-electron chi connectivity index (χ3n) is 3.90. The van der Waals surface area contributed by atoms with E-state index in [1.807, 2.05) is 0 Å². The van der Waals surface area contributed by atoms with Gasteiger partial charge < -0.3 is 9.84 Å². The highest BCUT2D eigenvalue weighted by molar-refractivity contribution is 9.10. The second-order valence-corrected chi connectivity index (χ2v) is 6.96. The first-order chi connectivity index (χ1) is 13.9. The molecule has 2 aromatic rings. The monoisotopic (exact) mass is 466 g/mol. The molecule has 0 aliphatic carbocycles. The summed E-state index contributed by atoms with van der Waals surface area (Å²) in [7, 11) is 0. The first kappa shape index (κ1) is 22.4. The summed E-state index contributed by atoms with van der Waals surface area (Å²) in [6.07, 6.45) is 2.61. The van der Waals surface area contributed by atoms with Crippen LogP contribution in [0.2, 0.25) is 0 Å². The molecule has 0 aliphatic heterocycles. The van der Waals surface area contributed by atoms with Crippen molar-refractivity contribution in [2.75, 3.05) is 5.32 Å². The molecule has 0 radical (unpaired) electrons. The number of phenols is 1. The lowest BCUT2D eigenvalue weighted by Gasteiger charge is -2.19. The average Bonchev–Trinajstić information content (AvgIpc) is 2.70. The van der Waals surface area contributed by atoms with E-state index in [4.69, 9.17) is 9.94 Å². The van der Waals surface area contributed by atoms with Crippen LogP contribution in [0.4, 0.5) is 14.9 Å². The minimum absolute atomic E-state index is 0.350. The van der Waals surface area contributed by atoms with Gasteiger partial charge >= 0.3 is 6.09 Å². The Kier molecular flexibility index (Phi) is 8.63. The minimum atomic E-state index is -0.816. The molecule has 0 heterocycles. The number of hydrogen-bond donors (Lipinski definition) is 4. The van der Waals surface area contributed by atoms with Crippen LogP contribution in [0.5, 0.6) is 5.75 Å². The molecule has 4 N–H and O–H groups in total. The Bertz CT molecular complexity index is 874. The van der Waals surface area contributed by atoms with Gasteiger partial charge in [0.2, 0.25) is 0 Å². The van der Waals surface area contributed by atoms with E-state index in [0.29, 0.717) is 30.5 Å². The highest BCUT2D eigenvalue weighted by Gasteiger charge is 2.18. The summed E-state index contributed by atoms with van der Waals surface area (Å²) in [5.41, 5.74) is 2.41. The fraction of sp³-hybridized carbons (Fsp3) is 0.200. The fourth-order valence-corrected chi connectivity index (χ4v) is 2.74. The molecular formula is C20H20BrFN2O5. The SMILES string of the molecule is O=C(/C=C/CCC[C@@H](OC(=O)Nc1ccc(Br)cc1)c1ccc(O)c(F)c1)NO. The maximum atomic E-state index is 13.7. The Morgan fingerprint density at radius 3 is 2.59 bits per heavy atom. The predicted molar refractivity (Wildman–Crippen MR) is 108 cm³/mol. The average molecular weight is 467 g/mol. The van der Waals surface area contributed by atoms with Gasteiger partial charge in [0.25, 0.3) is 5.91 Å². The van der Waals surface area contributed by atoms with Crippen LogP contribution in [0, 0.1) is 5.82 Å². The van der Waals surface area contributed by atoms with Crippen molar-refractivity contribution in [2.24, 2.45) is 0 Å². The number of hydrogen-bond acceptors (Lipinski definition) is 5. The van der Waals surface area contributed by atoms with Gasteiger partial charge in [-0.2, -0.15) is 0 Å². The predicted octanol–water partition coefficient (Wildman–Crippen LogP) is 4.82. The quantitative estimate of drug-likeness (QED) is 0.193. The molecule has 154 valence electrons. The highest BCUT2D eigenvalue weighted by Crippen LogP contribution is 2.28. The first-order valence-corrected chi connectivity index (χ1v) is 9.50. The van der Waals surface area contributed by atoms with Crippen LogP contribution in [0.15, 0.2) is 59.1 Å². The minimum Gasteiger partial charge on any atom is -0.505 e. The van der Waals surface area contributed by atoms with Crippen molar-refractivity contribution in [3.63, 3.8) is 0 Å². The number of hydroxylamine groups is 1. The molecular weight excluding hydrogens is 447 g/mol. The van der Waals surface area contributed by atoms with Gasteiger partial charge in [0.05, 0.1) is 0 Å². The molecule has 0 fully saturated rings. The van der Waals surface area contributed by atoms with Gasteiger partial charge in [-0.1, -0.05) is 28.1 Å². The Balaban J connectivity index is 2.03. The normalized spacial score (nSPS) is 11.8. The third kappa shape index (κ3) is 7.55. The zero-order chi connectivity index (χ0) is 21.2. The Labute approximate surface area is 175 Å². The number of benzene rings is 2. The van der Waals surface area contributed by atoms with Crippen molar-refractivity contribution in [1.29, 1.82) is 0 Å². The number of carbonyl (C=O) groups is 2. The van der Waals surface area contributed by atoms with E-state index >= 15 is 0 Å². The van der Waals surface area contributed by atoms with Crippen molar-refractivity contribution in [3.05, 3.63) is 70.5 Å². The number of halogens is 2. The number of amides is 2. The molecule has 9 heteroatoms. The number of nitrogens with one attached hydrogen (secondary N) is 2. The molecule has 0 aliphatic rings. The molecule has 0 unspecified atom stereocenters. The van der Waals surface area contributed by atoms with Crippen LogP contribution >= 0.6 is 15.9 Å². The number of rotatable bonds is 8. The standard InChI is InChI=1S/C20H20BrFN2O5/c21-14-7-9-15(10-8-14)23-20(27)29-18(4-2-1-3-5-19(26)24-28)13-6-11-17(25)16(22)12-13/h3,5-12,18,25,28H,1-2,4H2,(H,23,27)(H,24,26)/b5-3+/t18-/m1/s1. The Morgan fingerprint density at radius 1 is 1.21 bits per heavy atom. The highest BCUT2D eigenvalue weighted by atomic mass is 79.9. The fourth-order valence-electron chi connectivity index (χ4n) is 2.48. The zero-order valence-electron chi connectivity index (χ0n) is 15.3. The van der Waals surface area contributed by atoms with E-state index in [0.717, 1.165) is 10.5 Å². The maximum absolute atomic E-state index is 13.7. The lowest BCUT2D eigenvalue weighted by Crippen LogP contribution is -2.18. The van der Waals surface area contributed by atoms with Crippen molar-refractivity contribution in [1.82, 2.24) is 5.48 Å². The van der Waals surface area contributed by atoms with E-state index in [-0.39, 0.29) is 0 Å². The van der Waals surface area contributed by atoms with E-state index in [9.17, 15) is 19.1 Å². The van der Waals surface area contributed by atoms with Gasteiger partial charge in [-0.15, -0.1) is 0 Å². The topological polar surface area (TPSA) is 108 Å². The second-order valence-electron chi connectivity index (χ2n) is 6.05. The Hall–Kier alpha value is -2.91. The second kappa shape index (κ2) is 11.2. The Morgan fingerprint density at radius 2 is 1.93 bits per heavy atom. The van der Waals surface area contributed by atoms with Crippen LogP contribution in [0.3, 0.4) is 0 Å². The lowest BCUT2D eigenvalue weighted by atomic mass is 10.0. The van der Waals surface area contributed by atoms with E-state index in [1.54, 1.807) is 30.3 Å². The van der Waals surface area contributed by atoms with Gasteiger partial charge in [0.1, 0.15) is 6.10 Å². The lowest BCUT2D eigenvalue weighted by molar-refractivity contribution is -0.124. The number of anilines is 1. The van der Waals surface area contributed by atoms with E-state index in [1.165, 1.54) is 23.7 Å². The summed E-state index contributed by atoms with van der Waals surface area (Å²) < 4.78 is 20.1. The van der Waals surface area contributed by atoms with Crippen molar-refractivity contribution < 1.29 is 29.0 Å². The summed E-state index contributed by atoms with van der Waals surface area (Å²) in [5.74, 6) is -1.96. The first-order valence-electron chi connectivity index (χ1n) is 8.71. The molecule has 1 atom stereocenters. The molecule has 0 saturated carbocycles. The van der Waals surface area contributed by atoms with Crippen LogP contribution in [-0.4, -0.2) is 22.3 Å². The maximum Gasteiger partial charge on any atom is 0.412 e. The number of phenolic OH excluding ortho intramolecular Hbond substituents is 1. The molecule has 0 aromatic heterocycles. The van der Waals surface area contributed by atoms with Crippen LogP contribution in [0.1, 0.15) is 30.9 Å². The van der Waals surface area contributed by atoms with Gasteiger partial charge in [-0.25, -0.2) is 14.7 Å². The van der Waals surface area contributed by atoms with Gasteiger partial charge in [-0.05, 0) is 61.2 Å². The molecule has 2 rings (SSSR count). The number of unbranched alkanes of at least 4 members (excludes halogenated alkanes) is 1. The molecule has 0 spiro atoms. The van der Waals surface area contributed by atoms with Gasteiger partial charge in [-0.3, -0.25) is 15.3 Å². The van der Waals surface area contributed by atoms with Crippen LogP contribution in [-0.2, 0) is 9.53 Å². The number of aromatic hydroxyl groups is 1. The van der Waals surface area contributed by atoms with Crippen LogP contribution < -0.4 is 10.8 Å². The van der Waals surface area contributed by atoms with E-state index in [2.05, 4.69) is 21.2 Å². The van der Waals surface area contributed by atoms with Crippen molar-refractivity contribution >= 4 is 33.6 Å². The van der Waals surface area contributed by atoms with E-state index < -0.39 is 29.7 Å². The smallest absolute Gasteiger partial charge is 0.412 e. The summed E-state index contributed by atoms with van der Waals surface area (Å²) in [6, 6.07) is 10.7. The number of ether oxygens (including phenoxy) is 1. The largest absolute Gasteiger partial charge is 0.505 e. The van der Waals surface area contributed by atoms with Crippen molar-refractivity contribution in [2.45, 2.75) is 25.4 Å². The summed E-state index contributed by atoms with van der Waals surface area (Å²) in [5, 5.41) is 20.4. The molecule has 2 aromatic carbocycles.